The molecule has 0 saturated heterocycles. The van der Waals surface area contributed by atoms with Gasteiger partial charge in [0.25, 0.3) is 5.91 Å². The van der Waals surface area contributed by atoms with Gasteiger partial charge in [-0.1, -0.05) is 0 Å². The number of amides is 2. The van der Waals surface area contributed by atoms with Gasteiger partial charge in [0.05, 0.1) is 11.5 Å². The first-order chi connectivity index (χ1) is 9.36. The molecule has 0 aliphatic rings. The Morgan fingerprint density at radius 1 is 1.45 bits per heavy atom. The molecule has 2 amide bonds. The summed E-state index contributed by atoms with van der Waals surface area (Å²) in [5.41, 5.74) is -0.789. The van der Waals surface area contributed by atoms with Crippen molar-refractivity contribution in [2.45, 2.75) is 6.92 Å². The van der Waals surface area contributed by atoms with E-state index in [0.717, 1.165) is 18.2 Å². The van der Waals surface area contributed by atoms with Gasteiger partial charge >= 0.3 is 5.69 Å². The maximum absolute atomic E-state index is 13.3. The third kappa shape index (κ3) is 3.74. The van der Waals surface area contributed by atoms with Crippen LogP contribution in [0.25, 0.3) is 0 Å². The highest BCUT2D eigenvalue weighted by molar-refractivity contribution is 5.96. The lowest BCUT2D eigenvalue weighted by molar-refractivity contribution is -0.387. The molecule has 8 heteroatoms. The first kappa shape index (κ1) is 15.5. The van der Waals surface area contributed by atoms with Crippen molar-refractivity contribution in [3.63, 3.8) is 0 Å². The molecule has 0 aromatic heterocycles. The summed E-state index contributed by atoms with van der Waals surface area (Å²) in [5, 5.41) is 12.8. The second-order valence-corrected chi connectivity index (χ2v) is 4.01. The zero-order chi connectivity index (χ0) is 15.3. The van der Waals surface area contributed by atoms with Crippen molar-refractivity contribution in [3.05, 3.63) is 39.7 Å². The Morgan fingerprint density at radius 3 is 2.60 bits per heavy atom. The predicted octanol–water partition coefficient (Wildman–Crippen LogP) is 0.942. The third-order valence-electron chi connectivity index (χ3n) is 2.71. The van der Waals surface area contributed by atoms with Gasteiger partial charge in [-0.3, -0.25) is 19.7 Å². The van der Waals surface area contributed by atoms with Crippen molar-refractivity contribution < 1.29 is 18.9 Å². The van der Waals surface area contributed by atoms with Gasteiger partial charge in [-0.15, -0.1) is 0 Å². The molecule has 108 valence electrons. The quantitative estimate of drug-likeness (QED) is 0.643. The van der Waals surface area contributed by atoms with Crippen LogP contribution in [0.2, 0.25) is 0 Å². The van der Waals surface area contributed by atoms with E-state index in [1.807, 2.05) is 0 Å². The molecule has 0 spiro atoms. The Kier molecular flexibility index (Phi) is 5.13. The number of hydrogen-bond donors (Lipinski definition) is 1. The fourth-order valence-electron chi connectivity index (χ4n) is 1.37. The fourth-order valence-corrected chi connectivity index (χ4v) is 1.37. The lowest BCUT2D eigenvalue weighted by Gasteiger charge is -2.14. The van der Waals surface area contributed by atoms with Gasteiger partial charge < -0.3 is 10.2 Å². The van der Waals surface area contributed by atoms with Gasteiger partial charge in [0.1, 0.15) is 0 Å². The highest BCUT2D eigenvalue weighted by Gasteiger charge is 2.17. The van der Waals surface area contributed by atoms with Crippen molar-refractivity contribution in [2.75, 3.05) is 20.1 Å². The largest absolute Gasteiger partial charge is 0.345 e. The van der Waals surface area contributed by atoms with Crippen LogP contribution < -0.4 is 5.32 Å². The number of nitrogens with one attached hydrogen (secondary N) is 1. The normalized spacial score (nSPS) is 9.95. The van der Waals surface area contributed by atoms with Crippen molar-refractivity contribution >= 4 is 17.5 Å². The molecule has 7 nitrogen and oxygen atoms in total. The van der Waals surface area contributed by atoms with E-state index in [0.29, 0.717) is 6.54 Å². The number of likely N-dealkylation sites (N-methyl/N-ethyl adjacent to an activating group) is 1. The summed E-state index contributed by atoms with van der Waals surface area (Å²) in [6.45, 7) is 2.06. The number of benzene rings is 1. The van der Waals surface area contributed by atoms with Crippen LogP contribution in [-0.4, -0.2) is 41.8 Å². The average molecular weight is 283 g/mol. The molecule has 20 heavy (non-hydrogen) atoms. The summed E-state index contributed by atoms with van der Waals surface area (Å²) in [4.78, 5) is 34.1. The first-order valence-electron chi connectivity index (χ1n) is 5.83. The number of rotatable bonds is 5. The maximum Gasteiger partial charge on any atom is 0.304 e. The monoisotopic (exact) mass is 283 g/mol. The lowest BCUT2D eigenvalue weighted by atomic mass is 10.2. The number of carbonyl (C=O) groups excluding carboxylic acids is 2. The van der Waals surface area contributed by atoms with E-state index in [-0.39, 0.29) is 18.0 Å². The summed E-state index contributed by atoms with van der Waals surface area (Å²) < 4.78 is 13.3. The van der Waals surface area contributed by atoms with Crippen LogP contribution in [0.4, 0.5) is 10.1 Å². The third-order valence-corrected chi connectivity index (χ3v) is 2.71. The van der Waals surface area contributed by atoms with Gasteiger partial charge in [-0.25, -0.2) is 0 Å². The molecule has 0 bridgehead atoms. The Hall–Kier alpha value is -2.51. The molecular formula is C12H14FN3O4. The molecular weight excluding hydrogens is 269 g/mol. The van der Waals surface area contributed by atoms with Gasteiger partial charge in [0.15, 0.2) is 0 Å². The fraction of sp³-hybridized carbons (Fsp3) is 0.333. The molecule has 0 aliphatic carbocycles. The molecule has 1 aromatic carbocycles. The van der Waals surface area contributed by atoms with E-state index in [9.17, 15) is 24.1 Å². The molecule has 0 aliphatic heterocycles. The zero-order valence-corrected chi connectivity index (χ0v) is 11.1. The van der Waals surface area contributed by atoms with Crippen molar-refractivity contribution in [3.8, 4) is 0 Å². The highest BCUT2D eigenvalue weighted by atomic mass is 19.1. The van der Waals surface area contributed by atoms with Crippen LogP contribution in [0.1, 0.15) is 17.3 Å². The minimum atomic E-state index is -1.10. The van der Waals surface area contributed by atoms with Crippen LogP contribution in [0.15, 0.2) is 18.2 Å². The molecule has 1 rings (SSSR count). The second kappa shape index (κ2) is 6.60. The molecule has 0 unspecified atom stereocenters. The Labute approximate surface area is 114 Å². The first-order valence-corrected chi connectivity index (χ1v) is 5.83. The predicted molar refractivity (Wildman–Crippen MR) is 68.7 cm³/mol. The lowest BCUT2D eigenvalue weighted by Crippen LogP contribution is -2.38. The van der Waals surface area contributed by atoms with Crippen LogP contribution in [-0.2, 0) is 4.79 Å². The number of nitro benzene ring substituents is 1. The molecule has 0 saturated carbocycles. The molecule has 0 atom stereocenters. The van der Waals surface area contributed by atoms with Crippen LogP contribution >= 0.6 is 0 Å². The van der Waals surface area contributed by atoms with E-state index in [2.05, 4.69) is 5.32 Å². The maximum atomic E-state index is 13.3. The number of carbonyl (C=O) groups is 2. The van der Waals surface area contributed by atoms with E-state index < -0.39 is 22.3 Å². The van der Waals surface area contributed by atoms with Gasteiger partial charge in [0, 0.05) is 25.2 Å². The van der Waals surface area contributed by atoms with E-state index in [1.54, 1.807) is 14.0 Å². The number of hydrogen-bond acceptors (Lipinski definition) is 4. The Bertz CT molecular complexity index is 548. The summed E-state index contributed by atoms with van der Waals surface area (Å²) in [5.74, 6) is -2.06. The SMILES string of the molecule is CCN(C)C(=O)CNC(=O)c1ccc([N+](=O)[O-])c(F)c1. The van der Waals surface area contributed by atoms with E-state index in [4.69, 9.17) is 0 Å². The smallest absolute Gasteiger partial charge is 0.304 e. The second-order valence-electron chi connectivity index (χ2n) is 4.01. The van der Waals surface area contributed by atoms with Crippen molar-refractivity contribution in [2.24, 2.45) is 0 Å². The molecule has 1 N–H and O–H groups in total. The van der Waals surface area contributed by atoms with E-state index >= 15 is 0 Å². The van der Waals surface area contributed by atoms with Crippen molar-refractivity contribution in [1.29, 1.82) is 0 Å². The standard InChI is InChI=1S/C12H14FN3O4/c1-3-15(2)11(17)7-14-12(18)8-4-5-10(16(19)20)9(13)6-8/h4-6H,3,7H2,1-2H3,(H,14,18). The number of nitro groups is 1. The molecule has 0 heterocycles. The van der Waals surface area contributed by atoms with Gasteiger partial charge in [-0.2, -0.15) is 4.39 Å². The molecule has 1 aromatic rings. The Morgan fingerprint density at radius 2 is 2.10 bits per heavy atom. The number of halogens is 1. The summed E-state index contributed by atoms with van der Waals surface area (Å²) in [6, 6.07) is 2.80. The summed E-state index contributed by atoms with van der Waals surface area (Å²) in [7, 11) is 1.58. The van der Waals surface area contributed by atoms with Crippen molar-refractivity contribution in [1.82, 2.24) is 10.2 Å². The van der Waals surface area contributed by atoms with Crippen LogP contribution in [0.3, 0.4) is 0 Å². The Balaban J connectivity index is 2.72. The summed E-state index contributed by atoms with van der Waals surface area (Å²) in [6.07, 6.45) is 0. The minimum absolute atomic E-state index is 0.0833. The minimum Gasteiger partial charge on any atom is -0.345 e. The van der Waals surface area contributed by atoms with Crippen LogP contribution in [0, 0.1) is 15.9 Å². The molecule has 0 fully saturated rings. The topological polar surface area (TPSA) is 92.6 Å². The zero-order valence-electron chi connectivity index (χ0n) is 11.1. The van der Waals surface area contributed by atoms with Gasteiger partial charge in [-0.05, 0) is 19.1 Å². The number of nitrogens with zero attached hydrogens (tertiary/aromatic N) is 2. The average Bonchev–Trinajstić information content (AvgIpc) is 2.42. The molecule has 0 radical (unpaired) electrons. The highest BCUT2D eigenvalue weighted by Crippen LogP contribution is 2.17. The van der Waals surface area contributed by atoms with Crippen LogP contribution in [0.5, 0.6) is 0 Å². The van der Waals surface area contributed by atoms with Gasteiger partial charge in [0.2, 0.25) is 11.7 Å². The van der Waals surface area contributed by atoms with E-state index in [1.165, 1.54) is 4.90 Å². The summed E-state index contributed by atoms with van der Waals surface area (Å²) >= 11 is 0.